The Balaban J connectivity index is 0.00000288. The Hall–Kier alpha value is -1.76. The van der Waals surface area contributed by atoms with Crippen LogP contribution in [0.1, 0.15) is 36.8 Å². The minimum Gasteiger partial charge on any atom is -0.481 e. The molecule has 1 saturated heterocycles. The van der Waals surface area contributed by atoms with Gasteiger partial charge in [-0.05, 0) is 24.0 Å². The summed E-state index contributed by atoms with van der Waals surface area (Å²) in [4.78, 5) is 24.6. The average Bonchev–Trinajstić information content (AvgIpc) is 2.96. The maximum absolute atomic E-state index is 12.7. The molecule has 1 aromatic carbocycles. The van der Waals surface area contributed by atoms with Crippen molar-refractivity contribution in [2.24, 2.45) is 5.92 Å². The first-order chi connectivity index (χ1) is 10.7. The maximum Gasteiger partial charge on any atom is 0.416 e. The number of carbonyl (C=O) groups excluding carboxylic acids is 1. The topological polar surface area (TPSA) is 57.6 Å². The summed E-state index contributed by atoms with van der Waals surface area (Å²) in [5, 5.41) is 8.93. The lowest BCUT2D eigenvalue weighted by atomic mass is 9.95. The van der Waals surface area contributed by atoms with Crippen molar-refractivity contribution in [2.45, 2.75) is 31.9 Å². The van der Waals surface area contributed by atoms with Gasteiger partial charge in [-0.2, -0.15) is 13.2 Å². The standard InChI is InChI=1S/C16H18F3NO3.ClH/c1-10(11-3-2-4-13(8-11)16(17,18)19)7-14(21)20-6-5-12(9-20)15(22)23;/h2-4,8,10,12H,5-7,9H2,1H3,(H,22,23);1H. The first-order valence-electron chi connectivity index (χ1n) is 7.36. The summed E-state index contributed by atoms with van der Waals surface area (Å²) in [7, 11) is 0. The van der Waals surface area contributed by atoms with Crippen LogP contribution in [0.4, 0.5) is 13.2 Å². The number of alkyl halides is 3. The Morgan fingerprint density at radius 2 is 2.04 bits per heavy atom. The number of benzene rings is 1. The molecule has 1 aliphatic rings. The van der Waals surface area contributed by atoms with E-state index in [0.29, 0.717) is 18.5 Å². The summed E-state index contributed by atoms with van der Waals surface area (Å²) < 4.78 is 38.2. The number of hydrogen-bond donors (Lipinski definition) is 1. The lowest BCUT2D eigenvalue weighted by Gasteiger charge is -2.19. The number of likely N-dealkylation sites (tertiary alicyclic amines) is 1. The number of nitrogens with zero attached hydrogens (tertiary/aromatic N) is 1. The molecule has 1 heterocycles. The molecule has 1 aromatic rings. The summed E-state index contributed by atoms with van der Waals surface area (Å²) in [6, 6.07) is 4.95. The number of hydrogen-bond acceptors (Lipinski definition) is 2. The molecule has 0 aromatic heterocycles. The number of carboxylic acids is 1. The Morgan fingerprint density at radius 1 is 1.38 bits per heavy atom. The third-order valence-electron chi connectivity index (χ3n) is 4.15. The van der Waals surface area contributed by atoms with Gasteiger partial charge in [-0.3, -0.25) is 9.59 Å². The van der Waals surface area contributed by atoms with Gasteiger partial charge in [0.1, 0.15) is 0 Å². The van der Waals surface area contributed by atoms with Gasteiger partial charge < -0.3 is 10.0 Å². The van der Waals surface area contributed by atoms with E-state index < -0.39 is 23.6 Å². The van der Waals surface area contributed by atoms with Crippen molar-refractivity contribution in [3.05, 3.63) is 35.4 Å². The number of aliphatic carboxylic acids is 1. The van der Waals surface area contributed by atoms with Crippen molar-refractivity contribution in [2.75, 3.05) is 13.1 Å². The zero-order valence-electron chi connectivity index (χ0n) is 13.0. The van der Waals surface area contributed by atoms with E-state index in [1.807, 2.05) is 0 Å². The van der Waals surface area contributed by atoms with E-state index >= 15 is 0 Å². The first kappa shape index (κ1) is 20.3. The van der Waals surface area contributed by atoms with Crippen LogP contribution in [0.15, 0.2) is 24.3 Å². The fraction of sp³-hybridized carbons (Fsp3) is 0.500. The molecular weight excluding hydrogens is 347 g/mol. The maximum atomic E-state index is 12.7. The number of amides is 1. The van der Waals surface area contributed by atoms with Gasteiger partial charge in [-0.15, -0.1) is 12.4 Å². The molecule has 134 valence electrons. The van der Waals surface area contributed by atoms with E-state index in [4.69, 9.17) is 5.11 Å². The van der Waals surface area contributed by atoms with E-state index in [2.05, 4.69) is 0 Å². The van der Waals surface area contributed by atoms with Gasteiger partial charge in [0.2, 0.25) is 5.91 Å². The summed E-state index contributed by atoms with van der Waals surface area (Å²) in [6.07, 6.45) is -3.93. The Kier molecular flexibility index (Phi) is 6.66. The van der Waals surface area contributed by atoms with E-state index in [1.54, 1.807) is 13.0 Å². The quantitative estimate of drug-likeness (QED) is 0.887. The highest BCUT2D eigenvalue weighted by atomic mass is 35.5. The normalized spacial score (nSPS) is 18.8. The SMILES string of the molecule is CC(CC(=O)N1CCC(C(=O)O)C1)c1cccc(C(F)(F)F)c1.Cl. The van der Waals surface area contributed by atoms with Gasteiger partial charge in [0.15, 0.2) is 0 Å². The number of rotatable bonds is 4. The second-order valence-corrected chi connectivity index (χ2v) is 5.89. The van der Waals surface area contributed by atoms with E-state index in [9.17, 15) is 22.8 Å². The van der Waals surface area contributed by atoms with E-state index in [0.717, 1.165) is 12.1 Å². The Labute approximate surface area is 144 Å². The lowest BCUT2D eigenvalue weighted by Crippen LogP contribution is -2.30. The molecule has 1 fully saturated rings. The molecule has 2 unspecified atom stereocenters. The molecule has 0 spiro atoms. The summed E-state index contributed by atoms with van der Waals surface area (Å²) in [5.74, 6) is -2.07. The summed E-state index contributed by atoms with van der Waals surface area (Å²) >= 11 is 0. The van der Waals surface area contributed by atoms with Gasteiger partial charge in [-0.25, -0.2) is 0 Å². The van der Waals surface area contributed by atoms with Gasteiger partial charge in [-0.1, -0.05) is 25.1 Å². The van der Waals surface area contributed by atoms with Gasteiger partial charge in [0.25, 0.3) is 0 Å². The van der Waals surface area contributed by atoms with Crippen LogP contribution in [-0.4, -0.2) is 35.0 Å². The molecule has 0 aliphatic carbocycles. The van der Waals surface area contributed by atoms with Crippen molar-refractivity contribution >= 4 is 24.3 Å². The fourth-order valence-corrected chi connectivity index (χ4v) is 2.72. The smallest absolute Gasteiger partial charge is 0.416 e. The number of carbonyl (C=O) groups is 2. The van der Waals surface area contributed by atoms with Crippen LogP contribution in [-0.2, 0) is 15.8 Å². The van der Waals surface area contributed by atoms with Gasteiger partial charge in [0, 0.05) is 19.5 Å². The minimum atomic E-state index is -4.41. The summed E-state index contributed by atoms with van der Waals surface area (Å²) in [5.41, 5.74) is -0.288. The highest BCUT2D eigenvalue weighted by molar-refractivity contribution is 5.85. The molecule has 8 heteroatoms. The molecule has 0 radical (unpaired) electrons. The lowest BCUT2D eigenvalue weighted by molar-refractivity contribution is -0.141. The predicted molar refractivity (Wildman–Crippen MR) is 84.0 cm³/mol. The second kappa shape index (κ2) is 7.88. The highest BCUT2D eigenvalue weighted by Crippen LogP contribution is 2.32. The monoisotopic (exact) mass is 365 g/mol. The molecule has 2 rings (SSSR count). The van der Waals surface area contributed by atoms with Crippen LogP contribution < -0.4 is 0 Å². The van der Waals surface area contributed by atoms with Crippen LogP contribution in [0.2, 0.25) is 0 Å². The molecule has 1 amide bonds. The van der Waals surface area contributed by atoms with Crippen molar-refractivity contribution < 1.29 is 27.9 Å². The molecule has 0 saturated carbocycles. The van der Waals surface area contributed by atoms with Crippen molar-refractivity contribution in [3.8, 4) is 0 Å². The van der Waals surface area contributed by atoms with E-state index in [-0.39, 0.29) is 37.2 Å². The molecule has 4 nitrogen and oxygen atoms in total. The van der Waals surface area contributed by atoms with Crippen LogP contribution >= 0.6 is 12.4 Å². The first-order valence-corrected chi connectivity index (χ1v) is 7.36. The van der Waals surface area contributed by atoms with Gasteiger partial charge in [0.05, 0.1) is 11.5 Å². The highest BCUT2D eigenvalue weighted by Gasteiger charge is 2.32. The molecule has 24 heavy (non-hydrogen) atoms. The van der Waals surface area contributed by atoms with Crippen molar-refractivity contribution in [3.63, 3.8) is 0 Å². The van der Waals surface area contributed by atoms with Crippen LogP contribution in [0.5, 0.6) is 0 Å². The number of carboxylic acid groups (broad SMARTS) is 1. The predicted octanol–water partition coefficient (Wildman–Crippen LogP) is 3.55. The zero-order valence-corrected chi connectivity index (χ0v) is 13.9. The zero-order chi connectivity index (χ0) is 17.2. The van der Waals surface area contributed by atoms with E-state index in [1.165, 1.54) is 11.0 Å². The average molecular weight is 366 g/mol. The molecule has 0 bridgehead atoms. The van der Waals surface area contributed by atoms with Crippen LogP contribution in [0, 0.1) is 5.92 Å². The number of halogens is 4. The molecule has 1 N–H and O–H groups in total. The third kappa shape index (κ3) is 4.87. The largest absolute Gasteiger partial charge is 0.481 e. The van der Waals surface area contributed by atoms with Crippen LogP contribution in [0.25, 0.3) is 0 Å². The minimum absolute atomic E-state index is 0. The second-order valence-electron chi connectivity index (χ2n) is 5.89. The molecule has 1 aliphatic heterocycles. The Bertz CT molecular complexity index is 606. The molecule has 2 atom stereocenters. The molecular formula is C16H19ClF3NO3. The Morgan fingerprint density at radius 3 is 2.58 bits per heavy atom. The van der Waals surface area contributed by atoms with Crippen LogP contribution in [0.3, 0.4) is 0 Å². The third-order valence-corrected chi connectivity index (χ3v) is 4.15. The van der Waals surface area contributed by atoms with Crippen molar-refractivity contribution in [1.82, 2.24) is 4.90 Å². The summed E-state index contributed by atoms with van der Waals surface area (Å²) in [6.45, 7) is 2.24. The van der Waals surface area contributed by atoms with Gasteiger partial charge >= 0.3 is 12.1 Å². The fourth-order valence-electron chi connectivity index (χ4n) is 2.72. The van der Waals surface area contributed by atoms with Crippen molar-refractivity contribution in [1.29, 1.82) is 0 Å².